The number of hydrogen-bond acceptors (Lipinski definition) is 4. The maximum Gasteiger partial charge on any atom is 0.449 e. The topological polar surface area (TPSA) is 76.7 Å². The van der Waals surface area contributed by atoms with Gasteiger partial charge < -0.3 is 19.8 Å². The van der Waals surface area contributed by atoms with Crippen molar-refractivity contribution < 1.29 is 84.2 Å². The first-order valence-corrected chi connectivity index (χ1v) is 6.74. The minimum atomic E-state index is -0.548. The quantitative estimate of drug-likeness (QED) is 0.296. The molecule has 1 atom stereocenters. The van der Waals surface area contributed by atoms with E-state index in [1.54, 1.807) is 20.5 Å². The maximum absolute atomic E-state index is 10.7. The molecule has 0 saturated heterocycles. The van der Waals surface area contributed by atoms with Gasteiger partial charge in [-0.1, -0.05) is 0 Å². The Morgan fingerprint density at radius 1 is 1.12 bits per heavy atom. The number of carbonyl (C=O) groups is 2. The number of nitrogens with one attached hydrogen (secondary N) is 2. The van der Waals surface area contributed by atoms with Gasteiger partial charge in [0.05, 0.1) is 8.69 Å². The molecule has 5 radical (unpaired) electrons. The second-order valence-electron chi connectivity index (χ2n) is 1.88. The fraction of sp³-hybridized carbons (Fsp3) is 0.500. The van der Waals surface area contributed by atoms with Gasteiger partial charge in [0, 0.05) is 98.2 Å². The van der Waals surface area contributed by atoms with Crippen molar-refractivity contribution in [3.8, 4) is 0 Å². The van der Waals surface area contributed by atoms with E-state index in [1.807, 2.05) is 0 Å². The Labute approximate surface area is 154 Å². The number of carbonyl (C=O) groups excluding carboxylic acids is 2. The number of amides is 2. The van der Waals surface area contributed by atoms with Crippen LogP contribution in [0.3, 0.4) is 0 Å². The third kappa shape index (κ3) is 15.7. The van der Waals surface area contributed by atoms with Crippen molar-refractivity contribution in [2.24, 2.45) is 0 Å². The molecule has 0 aromatic rings. The van der Waals surface area contributed by atoms with Gasteiger partial charge in [0.15, 0.2) is 0 Å². The van der Waals surface area contributed by atoms with Gasteiger partial charge in [-0.2, -0.15) is 0 Å². The summed E-state index contributed by atoms with van der Waals surface area (Å²) in [4.78, 5) is 21.4. The van der Waals surface area contributed by atoms with Crippen LogP contribution in [0.2, 0.25) is 0 Å². The van der Waals surface area contributed by atoms with Gasteiger partial charge in [0.1, 0.15) is 0 Å². The first-order chi connectivity index (χ1) is 6.70. The van der Waals surface area contributed by atoms with E-state index in [-0.39, 0.29) is 74.1 Å². The molecule has 16 heavy (non-hydrogen) atoms. The zero-order valence-electron chi connectivity index (χ0n) is 8.69. The second-order valence-corrected chi connectivity index (χ2v) is 3.56. The predicted octanol–water partition coefficient (Wildman–Crippen LogP) is -2.26. The van der Waals surface area contributed by atoms with E-state index in [2.05, 4.69) is 19.8 Å². The first-order valence-electron chi connectivity index (χ1n) is 3.75. The molecule has 0 aliphatic rings. The van der Waals surface area contributed by atoms with Crippen molar-refractivity contribution in [1.29, 1.82) is 0 Å². The Hall–Kier alpha value is 1.68. The van der Waals surface area contributed by atoms with Crippen LogP contribution in [0.25, 0.3) is 0 Å². The molecule has 0 aromatic carbocycles. The summed E-state index contributed by atoms with van der Waals surface area (Å²) in [7, 11) is 4.04. The van der Waals surface area contributed by atoms with Crippen LogP contribution < -0.4 is 10.6 Å². The van der Waals surface area contributed by atoms with Crippen LogP contribution in [0.4, 0.5) is 9.59 Å². The molecular formula is C4H11BN2O4PSi2Y2. The largest absolute Gasteiger partial charge is 0.514 e. The Bertz CT molecular complexity index is 187. The number of hydrogen-bond donors (Lipinski definition) is 2. The third-order valence-electron chi connectivity index (χ3n) is 0.904. The molecule has 0 aliphatic heterocycles. The Morgan fingerprint density at radius 3 is 2.12 bits per heavy atom. The summed E-state index contributed by atoms with van der Waals surface area (Å²) in [5.74, 6) is 0. The van der Waals surface area contributed by atoms with Crippen molar-refractivity contribution in [3.05, 3.63) is 0 Å². The average Bonchev–Trinajstić information content (AvgIpc) is 2.13. The minimum Gasteiger partial charge on any atom is -0.514 e. The van der Waals surface area contributed by atoms with E-state index in [9.17, 15) is 9.59 Å². The summed E-state index contributed by atoms with van der Waals surface area (Å²) in [6.45, 7) is 0. The smallest absolute Gasteiger partial charge is 0.449 e. The van der Waals surface area contributed by atoms with E-state index >= 15 is 0 Å². The summed E-state index contributed by atoms with van der Waals surface area (Å²) in [5.41, 5.74) is 0. The van der Waals surface area contributed by atoms with Crippen LogP contribution in [0, 0.1) is 0 Å². The van der Waals surface area contributed by atoms with Crippen molar-refractivity contribution >= 4 is 48.6 Å². The van der Waals surface area contributed by atoms with Gasteiger partial charge in [0.2, 0.25) is 0 Å². The average molecular weight is 427 g/mol. The van der Waals surface area contributed by atoms with Crippen molar-refractivity contribution in [3.63, 3.8) is 0 Å². The molecule has 0 aliphatic carbocycles. The molecule has 0 saturated carbocycles. The Morgan fingerprint density at radius 2 is 1.62 bits per heavy atom. The molecule has 6 nitrogen and oxygen atoms in total. The van der Waals surface area contributed by atoms with E-state index < -0.39 is 12.2 Å². The monoisotopic (exact) mass is 427 g/mol. The molecule has 83 valence electrons. The zero-order valence-corrected chi connectivity index (χ0v) is 18.2. The maximum atomic E-state index is 10.7. The molecule has 2 N–H and O–H groups in total. The summed E-state index contributed by atoms with van der Waals surface area (Å²) in [6.07, 6.45) is -0.0148. The van der Waals surface area contributed by atoms with E-state index in [0.717, 1.165) is 7.20 Å². The van der Waals surface area contributed by atoms with Gasteiger partial charge in [-0.15, -0.1) is 0 Å². The normalized spacial score (nSPS) is 8.38. The van der Waals surface area contributed by atoms with Gasteiger partial charge in [-0.25, -0.2) is 9.59 Å². The van der Waals surface area contributed by atoms with E-state index in [4.69, 9.17) is 0 Å². The van der Waals surface area contributed by atoms with E-state index in [0.29, 0.717) is 12.3 Å². The van der Waals surface area contributed by atoms with Crippen molar-refractivity contribution in [2.45, 2.75) is 0 Å². The summed E-state index contributed by atoms with van der Waals surface area (Å²) >= 11 is 0. The van der Waals surface area contributed by atoms with Gasteiger partial charge in [-0.3, -0.25) is 0 Å². The van der Waals surface area contributed by atoms with Crippen LogP contribution in [-0.4, -0.2) is 52.2 Å². The molecule has 2 amide bonds. The first kappa shape index (κ1) is 22.8. The fourth-order valence-electron chi connectivity index (χ4n) is 0.437. The number of rotatable bonds is 5. The molecule has 1 unspecified atom stereocenters. The van der Waals surface area contributed by atoms with Gasteiger partial charge in [-0.05, 0) is 0 Å². The van der Waals surface area contributed by atoms with Crippen LogP contribution in [0.5, 0.6) is 0 Å². The Balaban J connectivity index is -0.000000845. The molecule has 0 bridgehead atoms. The van der Waals surface area contributed by atoms with Crippen molar-refractivity contribution in [1.82, 2.24) is 10.6 Å². The molecule has 12 heteroatoms. The molecule has 0 fully saturated rings. The standard InChI is InChI=1S/C4H11BN2O4PSi2.2Y/c8-3(6-1-13)10-5-12-11-4(9)7-2-14;;/h12H,1-2,13-14H2,(H,6,8)(H,7,9);;. The SMILES string of the molecule is O=C(NC[SiH2])O[B]POC(=O)NC[SiH2].[Y].[Y]. The molecule has 0 aromatic heterocycles. The minimum absolute atomic E-state index is 0. The van der Waals surface area contributed by atoms with E-state index in [1.165, 1.54) is 0 Å². The molecule has 0 rings (SSSR count). The summed E-state index contributed by atoms with van der Waals surface area (Å²) in [5, 5.41) is 4.87. The summed E-state index contributed by atoms with van der Waals surface area (Å²) in [6, 6.07) is 0. The van der Waals surface area contributed by atoms with Gasteiger partial charge in [0.25, 0.3) is 0 Å². The van der Waals surface area contributed by atoms with Crippen molar-refractivity contribution in [2.75, 3.05) is 12.3 Å². The Kier molecular flexibility index (Phi) is 23.8. The van der Waals surface area contributed by atoms with Crippen LogP contribution >= 0.6 is 8.69 Å². The zero-order chi connectivity index (χ0) is 10.8. The summed E-state index contributed by atoms with van der Waals surface area (Å²) < 4.78 is 9.18. The predicted molar refractivity (Wildman–Crippen MR) is 60.1 cm³/mol. The molecule has 0 heterocycles. The second kappa shape index (κ2) is 16.7. The molecule has 0 spiro atoms. The van der Waals surface area contributed by atoms with Crippen LogP contribution in [0.1, 0.15) is 0 Å². The molecular weight excluding hydrogens is 416 g/mol. The van der Waals surface area contributed by atoms with Gasteiger partial charge >= 0.3 is 19.4 Å². The fourth-order valence-corrected chi connectivity index (χ4v) is 1.23. The van der Waals surface area contributed by atoms with Crippen LogP contribution in [-0.2, 0) is 74.6 Å². The van der Waals surface area contributed by atoms with Crippen LogP contribution in [0.15, 0.2) is 0 Å². The third-order valence-corrected chi connectivity index (χ3v) is 1.92.